The molecule has 21 heavy (non-hydrogen) atoms. The van der Waals surface area contributed by atoms with Gasteiger partial charge in [0.05, 0.1) is 23.7 Å². The maximum Gasteiger partial charge on any atom is 0.335 e. The zero-order valence-corrected chi connectivity index (χ0v) is 12.0. The number of nitro groups is 1. The molecule has 0 spiro atoms. The summed E-state index contributed by atoms with van der Waals surface area (Å²) in [7, 11) is 3.87. The summed E-state index contributed by atoms with van der Waals surface area (Å²) >= 11 is 0. The highest BCUT2D eigenvalue weighted by Gasteiger charge is 2.16. The molecule has 0 heterocycles. The summed E-state index contributed by atoms with van der Waals surface area (Å²) in [6.45, 7) is 2.08. The van der Waals surface area contributed by atoms with Crippen LogP contribution in [0, 0.1) is 10.1 Å². The summed E-state index contributed by atoms with van der Waals surface area (Å²) < 4.78 is 5.35. The van der Waals surface area contributed by atoms with Crippen LogP contribution in [-0.2, 0) is 4.74 Å². The van der Waals surface area contributed by atoms with Crippen LogP contribution in [0.3, 0.4) is 0 Å². The number of carbonyl (C=O) groups is 1. The third-order valence-electron chi connectivity index (χ3n) is 2.68. The molecule has 0 aliphatic carbocycles. The molecule has 0 aromatic heterocycles. The first-order chi connectivity index (χ1) is 9.91. The molecule has 0 aliphatic rings. The number of hydrogen-bond acceptors (Lipinski definition) is 6. The summed E-state index contributed by atoms with van der Waals surface area (Å²) in [6, 6.07) is 3.64. The lowest BCUT2D eigenvalue weighted by molar-refractivity contribution is -0.384. The Morgan fingerprint density at radius 1 is 1.43 bits per heavy atom. The van der Waals surface area contributed by atoms with Gasteiger partial charge in [0.15, 0.2) is 0 Å². The molecule has 8 nitrogen and oxygen atoms in total. The van der Waals surface area contributed by atoms with E-state index in [1.54, 1.807) is 0 Å². The molecule has 0 bridgehead atoms. The normalized spacial score (nSPS) is 10.6. The number of rotatable bonds is 9. The predicted molar refractivity (Wildman–Crippen MR) is 77.9 cm³/mol. The van der Waals surface area contributed by atoms with Gasteiger partial charge < -0.3 is 20.1 Å². The molecular weight excluding hydrogens is 278 g/mol. The van der Waals surface area contributed by atoms with Crippen LogP contribution in [0.25, 0.3) is 0 Å². The molecule has 0 unspecified atom stereocenters. The summed E-state index contributed by atoms with van der Waals surface area (Å²) in [5.41, 5.74) is 0.0148. The molecule has 1 aromatic carbocycles. The Morgan fingerprint density at radius 3 is 2.71 bits per heavy atom. The quantitative estimate of drug-likeness (QED) is 0.402. The Balaban J connectivity index is 2.57. The van der Waals surface area contributed by atoms with Gasteiger partial charge in [0.2, 0.25) is 0 Å². The minimum Gasteiger partial charge on any atom is -0.478 e. The minimum atomic E-state index is -1.13. The van der Waals surface area contributed by atoms with E-state index in [1.807, 2.05) is 19.0 Å². The molecular formula is C13H19N3O5. The molecule has 0 saturated carbocycles. The van der Waals surface area contributed by atoms with Gasteiger partial charge in [-0.1, -0.05) is 0 Å². The smallest absolute Gasteiger partial charge is 0.335 e. The number of nitrogens with zero attached hydrogens (tertiary/aromatic N) is 2. The van der Waals surface area contributed by atoms with Crippen molar-refractivity contribution >= 4 is 17.3 Å². The standard InChI is InChI=1S/C13H19N3O5/c1-15(2)6-8-21-7-5-14-11-9-10(13(17)18)3-4-12(11)16(19)20/h3-4,9,14H,5-8H2,1-2H3,(H,17,18). The second-order valence-corrected chi connectivity index (χ2v) is 4.64. The van der Waals surface area contributed by atoms with E-state index in [0.29, 0.717) is 19.8 Å². The van der Waals surface area contributed by atoms with Gasteiger partial charge in [-0.25, -0.2) is 4.79 Å². The number of ether oxygens (including phenoxy) is 1. The Labute approximate surface area is 122 Å². The lowest BCUT2D eigenvalue weighted by atomic mass is 10.1. The van der Waals surface area contributed by atoms with Crippen molar-refractivity contribution in [2.24, 2.45) is 0 Å². The Bertz CT molecular complexity index is 505. The predicted octanol–water partition coefficient (Wildman–Crippen LogP) is 1.28. The average molecular weight is 297 g/mol. The SMILES string of the molecule is CN(C)CCOCCNc1cc(C(=O)O)ccc1[N+](=O)[O-]. The minimum absolute atomic E-state index is 0.00312. The molecule has 116 valence electrons. The average Bonchev–Trinajstić information content (AvgIpc) is 2.41. The van der Waals surface area contributed by atoms with E-state index >= 15 is 0 Å². The van der Waals surface area contributed by atoms with Crippen molar-refractivity contribution in [2.45, 2.75) is 0 Å². The van der Waals surface area contributed by atoms with E-state index in [1.165, 1.54) is 18.2 Å². The van der Waals surface area contributed by atoms with Gasteiger partial charge in [0.1, 0.15) is 5.69 Å². The van der Waals surface area contributed by atoms with Crippen molar-refractivity contribution in [2.75, 3.05) is 45.7 Å². The Kier molecular flexibility index (Phi) is 6.57. The topological polar surface area (TPSA) is 105 Å². The highest BCUT2D eigenvalue weighted by molar-refractivity contribution is 5.90. The van der Waals surface area contributed by atoms with Crippen molar-refractivity contribution in [3.63, 3.8) is 0 Å². The van der Waals surface area contributed by atoms with Crippen LogP contribution in [-0.4, -0.2) is 61.3 Å². The van der Waals surface area contributed by atoms with Gasteiger partial charge in [0, 0.05) is 19.2 Å². The van der Waals surface area contributed by atoms with Crippen LogP contribution < -0.4 is 5.32 Å². The Hall–Kier alpha value is -2.19. The van der Waals surface area contributed by atoms with Crippen molar-refractivity contribution in [3.05, 3.63) is 33.9 Å². The zero-order valence-electron chi connectivity index (χ0n) is 12.0. The van der Waals surface area contributed by atoms with Crippen LogP contribution in [0.5, 0.6) is 0 Å². The number of hydrogen-bond donors (Lipinski definition) is 2. The lowest BCUT2D eigenvalue weighted by Gasteiger charge is -2.11. The molecule has 0 atom stereocenters. The number of aromatic carboxylic acids is 1. The van der Waals surface area contributed by atoms with E-state index < -0.39 is 10.9 Å². The fourth-order valence-electron chi connectivity index (χ4n) is 1.58. The molecule has 0 radical (unpaired) electrons. The molecule has 0 saturated heterocycles. The fraction of sp³-hybridized carbons (Fsp3) is 0.462. The first kappa shape index (κ1) is 16.9. The summed E-state index contributed by atoms with van der Waals surface area (Å²) in [4.78, 5) is 23.2. The van der Waals surface area contributed by atoms with Crippen molar-refractivity contribution < 1.29 is 19.6 Å². The number of carboxylic acid groups (broad SMARTS) is 1. The first-order valence-corrected chi connectivity index (χ1v) is 6.40. The van der Waals surface area contributed by atoms with Crippen molar-refractivity contribution in [1.29, 1.82) is 0 Å². The zero-order chi connectivity index (χ0) is 15.8. The van der Waals surface area contributed by atoms with Crippen LogP contribution in [0.1, 0.15) is 10.4 Å². The molecule has 0 amide bonds. The van der Waals surface area contributed by atoms with Gasteiger partial charge in [-0.05, 0) is 26.2 Å². The van der Waals surface area contributed by atoms with Gasteiger partial charge in [0.25, 0.3) is 5.69 Å². The molecule has 2 N–H and O–H groups in total. The monoisotopic (exact) mass is 297 g/mol. The van der Waals surface area contributed by atoms with E-state index in [0.717, 1.165) is 6.54 Å². The van der Waals surface area contributed by atoms with Gasteiger partial charge >= 0.3 is 5.97 Å². The fourth-order valence-corrected chi connectivity index (χ4v) is 1.58. The molecule has 0 fully saturated rings. The molecule has 0 aliphatic heterocycles. The summed E-state index contributed by atoms with van der Waals surface area (Å²) in [6.07, 6.45) is 0. The number of benzene rings is 1. The number of nitro benzene ring substituents is 1. The van der Waals surface area contributed by atoms with E-state index in [-0.39, 0.29) is 16.9 Å². The Morgan fingerprint density at radius 2 is 2.14 bits per heavy atom. The van der Waals surface area contributed by atoms with E-state index in [9.17, 15) is 14.9 Å². The maximum atomic E-state index is 10.9. The van der Waals surface area contributed by atoms with Crippen LogP contribution in [0.15, 0.2) is 18.2 Å². The highest BCUT2D eigenvalue weighted by Crippen LogP contribution is 2.25. The second-order valence-electron chi connectivity index (χ2n) is 4.64. The number of nitrogens with one attached hydrogen (secondary N) is 1. The van der Waals surface area contributed by atoms with Gasteiger partial charge in [-0.3, -0.25) is 10.1 Å². The van der Waals surface area contributed by atoms with Crippen molar-refractivity contribution in [3.8, 4) is 0 Å². The lowest BCUT2D eigenvalue weighted by Crippen LogP contribution is -2.20. The summed E-state index contributed by atoms with van der Waals surface area (Å²) in [5, 5.41) is 22.6. The molecule has 1 aromatic rings. The second kappa shape index (κ2) is 8.18. The van der Waals surface area contributed by atoms with Crippen LogP contribution >= 0.6 is 0 Å². The molecule has 8 heteroatoms. The first-order valence-electron chi connectivity index (χ1n) is 6.40. The van der Waals surface area contributed by atoms with Gasteiger partial charge in [-0.15, -0.1) is 0 Å². The maximum absolute atomic E-state index is 10.9. The summed E-state index contributed by atoms with van der Waals surface area (Å²) in [5.74, 6) is -1.13. The van der Waals surface area contributed by atoms with Crippen LogP contribution in [0.4, 0.5) is 11.4 Å². The van der Waals surface area contributed by atoms with Crippen molar-refractivity contribution in [1.82, 2.24) is 4.90 Å². The van der Waals surface area contributed by atoms with Crippen LogP contribution in [0.2, 0.25) is 0 Å². The molecule has 1 rings (SSSR count). The van der Waals surface area contributed by atoms with E-state index in [2.05, 4.69) is 5.32 Å². The van der Waals surface area contributed by atoms with E-state index in [4.69, 9.17) is 9.84 Å². The number of anilines is 1. The van der Waals surface area contributed by atoms with Gasteiger partial charge in [-0.2, -0.15) is 0 Å². The largest absolute Gasteiger partial charge is 0.478 e. The third-order valence-corrected chi connectivity index (χ3v) is 2.68. The highest BCUT2D eigenvalue weighted by atomic mass is 16.6. The number of carboxylic acids is 1. The number of likely N-dealkylation sites (N-methyl/N-ethyl adjacent to an activating group) is 1. The third kappa shape index (κ3) is 5.76.